The van der Waals surface area contributed by atoms with E-state index in [1.807, 2.05) is 0 Å². The third-order valence-corrected chi connectivity index (χ3v) is 7.74. The lowest BCUT2D eigenvalue weighted by Crippen LogP contribution is -2.51. The zero-order valence-electron chi connectivity index (χ0n) is 18.3. The highest BCUT2D eigenvalue weighted by atomic mass is 35.5. The van der Waals surface area contributed by atoms with Gasteiger partial charge in [0, 0.05) is 22.7 Å². The average molecular weight is 636 g/mol. The van der Waals surface area contributed by atoms with Crippen LogP contribution < -0.4 is 0 Å². The van der Waals surface area contributed by atoms with Gasteiger partial charge in [-0.2, -0.15) is 5.01 Å². The Kier molecular flexibility index (Phi) is 7.90. The molecule has 3 aromatic rings. The molecule has 0 saturated heterocycles. The maximum Gasteiger partial charge on any atom is 0.282 e. The third kappa shape index (κ3) is 4.82. The number of rotatable bonds is 6. The summed E-state index contributed by atoms with van der Waals surface area (Å²) in [6, 6.07) is 8.47. The highest BCUT2D eigenvalue weighted by molar-refractivity contribution is 6.55. The van der Waals surface area contributed by atoms with Gasteiger partial charge in [-0.3, -0.25) is 29.3 Å². The van der Waals surface area contributed by atoms with E-state index in [1.165, 1.54) is 30.3 Å². The number of halogens is 6. The highest BCUT2D eigenvalue weighted by Crippen LogP contribution is 2.45. The Labute approximate surface area is 243 Å². The first-order valence-electron chi connectivity index (χ1n) is 10.1. The minimum atomic E-state index is -1.12. The number of Topliss-reactive ketones (excluding diaryl/α,β-unsaturated/α-hetero) is 1. The summed E-state index contributed by atoms with van der Waals surface area (Å²) in [5.74, 6) is -4.15. The first-order valence-corrected chi connectivity index (χ1v) is 12.4. The second-order valence-electron chi connectivity index (χ2n) is 7.65. The van der Waals surface area contributed by atoms with Gasteiger partial charge in [0.15, 0.2) is 5.78 Å². The van der Waals surface area contributed by atoms with Crippen LogP contribution in [0.25, 0.3) is 0 Å². The van der Waals surface area contributed by atoms with Crippen molar-refractivity contribution in [3.63, 3.8) is 0 Å². The summed E-state index contributed by atoms with van der Waals surface area (Å²) in [7, 11) is 0. The minimum Gasteiger partial charge on any atom is -0.292 e. The lowest BCUT2D eigenvalue weighted by Gasteiger charge is -2.29. The van der Waals surface area contributed by atoms with Gasteiger partial charge in [0.1, 0.15) is 6.54 Å². The Hall–Kier alpha value is -2.92. The summed E-state index contributed by atoms with van der Waals surface area (Å²) >= 11 is 36.6. The Morgan fingerprint density at radius 1 is 0.842 bits per heavy atom. The van der Waals surface area contributed by atoms with Crippen molar-refractivity contribution in [2.45, 2.75) is 0 Å². The summed E-state index contributed by atoms with van der Waals surface area (Å²) < 4.78 is 0. The molecule has 3 aromatic carbocycles. The topological polar surface area (TPSA) is 118 Å². The first-order chi connectivity index (χ1) is 17.8. The summed E-state index contributed by atoms with van der Waals surface area (Å²) in [6.45, 7) is -0.916. The first kappa shape index (κ1) is 28.1. The van der Waals surface area contributed by atoms with Gasteiger partial charge >= 0.3 is 0 Å². The molecule has 0 unspecified atom stereocenters. The molecule has 1 aliphatic heterocycles. The van der Waals surface area contributed by atoms with Crippen molar-refractivity contribution in [1.82, 2.24) is 10.0 Å². The monoisotopic (exact) mass is 633 g/mol. The number of nitro benzene ring substituents is 1. The van der Waals surface area contributed by atoms with Crippen LogP contribution in [-0.2, 0) is 0 Å². The Morgan fingerprint density at radius 2 is 1.42 bits per heavy atom. The smallest absolute Gasteiger partial charge is 0.282 e. The molecule has 3 amide bonds. The number of hydrogen-bond acceptors (Lipinski definition) is 6. The van der Waals surface area contributed by atoms with Crippen molar-refractivity contribution in [3.05, 3.63) is 105 Å². The van der Waals surface area contributed by atoms with Crippen LogP contribution in [-0.4, -0.2) is 45.0 Å². The molecule has 0 aliphatic carbocycles. The summed E-state index contributed by atoms with van der Waals surface area (Å²) in [4.78, 5) is 64.1. The predicted octanol–water partition coefficient (Wildman–Crippen LogP) is 7.05. The summed E-state index contributed by atoms with van der Waals surface area (Å²) in [6.07, 6.45) is 0. The quantitative estimate of drug-likeness (QED) is 0.0715. The second-order valence-corrected chi connectivity index (χ2v) is 10.0. The molecule has 1 heterocycles. The van der Waals surface area contributed by atoms with E-state index in [0.29, 0.717) is 10.0 Å². The largest absolute Gasteiger partial charge is 0.292 e. The number of non-ortho nitro benzene ring substituents is 1. The molecule has 0 bridgehead atoms. The average Bonchev–Trinajstić information content (AvgIpc) is 3.14. The number of carbonyl (C=O) groups excluding carboxylic acids is 4. The van der Waals surface area contributed by atoms with Gasteiger partial charge in [0.2, 0.25) is 0 Å². The fourth-order valence-corrected chi connectivity index (χ4v) is 5.12. The van der Waals surface area contributed by atoms with Crippen LogP contribution in [0, 0.1) is 10.1 Å². The number of nitro groups is 1. The van der Waals surface area contributed by atoms with Crippen LogP contribution in [0.2, 0.25) is 30.1 Å². The van der Waals surface area contributed by atoms with E-state index in [-0.39, 0.29) is 41.3 Å². The van der Waals surface area contributed by atoms with E-state index < -0.39 is 51.8 Å². The maximum atomic E-state index is 13.6. The van der Waals surface area contributed by atoms with Crippen LogP contribution in [0.4, 0.5) is 5.69 Å². The number of ketones is 1. The number of hydrazine groups is 1. The molecule has 0 saturated carbocycles. The molecular formula is C23H9Cl6N3O6. The van der Waals surface area contributed by atoms with Gasteiger partial charge in [0.25, 0.3) is 23.4 Å². The van der Waals surface area contributed by atoms with Crippen molar-refractivity contribution >= 4 is 98.8 Å². The van der Waals surface area contributed by atoms with Gasteiger partial charge in [-0.15, -0.1) is 0 Å². The molecule has 38 heavy (non-hydrogen) atoms. The Balaban J connectivity index is 1.84. The SMILES string of the molecule is O=C(CN(C(=O)c1ccc(Cl)cc1Cl)N1C(=O)c2c(Cl)c(Cl)c(Cl)c(Cl)c2C1=O)c1cccc([N+](=O)[O-])c1. The van der Waals surface area contributed by atoms with E-state index in [2.05, 4.69) is 0 Å². The van der Waals surface area contributed by atoms with Crippen molar-refractivity contribution < 1.29 is 24.1 Å². The van der Waals surface area contributed by atoms with Crippen LogP contribution in [0.3, 0.4) is 0 Å². The molecule has 0 N–H and O–H groups in total. The Bertz CT molecular complexity index is 1550. The van der Waals surface area contributed by atoms with Crippen LogP contribution in [0.1, 0.15) is 41.4 Å². The minimum absolute atomic E-state index is 0.144. The molecule has 15 heteroatoms. The maximum absolute atomic E-state index is 13.6. The Morgan fingerprint density at radius 3 is 1.95 bits per heavy atom. The van der Waals surface area contributed by atoms with E-state index in [9.17, 15) is 29.3 Å². The molecule has 0 fully saturated rings. The molecule has 0 aromatic heterocycles. The lowest BCUT2D eigenvalue weighted by molar-refractivity contribution is -0.384. The number of imide groups is 1. The normalized spacial score (nSPS) is 12.5. The van der Waals surface area contributed by atoms with Crippen LogP contribution in [0.5, 0.6) is 0 Å². The molecule has 9 nitrogen and oxygen atoms in total. The zero-order valence-corrected chi connectivity index (χ0v) is 22.8. The highest BCUT2D eigenvalue weighted by Gasteiger charge is 2.46. The van der Waals surface area contributed by atoms with Crippen molar-refractivity contribution in [2.75, 3.05) is 6.54 Å². The van der Waals surface area contributed by atoms with Crippen LogP contribution in [0.15, 0.2) is 42.5 Å². The van der Waals surface area contributed by atoms with Crippen LogP contribution >= 0.6 is 69.6 Å². The number of benzene rings is 3. The molecule has 4 rings (SSSR count). The van der Waals surface area contributed by atoms with Crippen molar-refractivity contribution in [3.8, 4) is 0 Å². The van der Waals surface area contributed by atoms with E-state index in [1.54, 1.807) is 0 Å². The summed E-state index contributed by atoms with van der Waals surface area (Å²) in [5, 5.41) is 10.7. The van der Waals surface area contributed by atoms with Gasteiger partial charge in [0.05, 0.1) is 46.7 Å². The fraction of sp³-hybridized carbons (Fsp3) is 0.0435. The number of hydrogen-bond donors (Lipinski definition) is 0. The second kappa shape index (κ2) is 10.7. The standard InChI is InChI=1S/C23H9Cl6N3O6/c24-10-4-5-12(13(25)7-10)21(34)30(8-14(33)9-2-1-3-11(6-9)32(37)38)31-22(35)15-16(23(31)36)18(27)20(29)19(28)17(15)26/h1-7H,8H2. The molecular weight excluding hydrogens is 627 g/mol. The van der Waals surface area contributed by atoms with Gasteiger partial charge in [-0.1, -0.05) is 81.7 Å². The molecule has 194 valence electrons. The van der Waals surface area contributed by atoms with E-state index in [0.717, 1.165) is 12.1 Å². The van der Waals surface area contributed by atoms with E-state index in [4.69, 9.17) is 69.6 Å². The van der Waals surface area contributed by atoms with Crippen molar-refractivity contribution in [1.29, 1.82) is 0 Å². The van der Waals surface area contributed by atoms with Gasteiger partial charge in [-0.25, -0.2) is 5.01 Å². The molecule has 0 spiro atoms. The zero-order chi connectivity index (χ0) is 28.0. The fourth-order valence-electron chi connectivity index (χ4n) is 3.61. The third-order valence-electron chi connectivity index (χ3n) is 5.39. The van der Waals surface area contributed by atoms with Gasteiger partial charge in [-0.05, 0) is 18.2 Å². The predicted molar refractivity (Wildman–Crippen MR) is 142 cm³/mol. The number of amides is 3. The lowest BCUT2D eigenvalue weighted by atomic mass is 10.1. The summed E-state index contributed by atoms with van der Waals surface area (Å²) in [5.41, 5.74) is -1.64. The number of fused-ring (bicyclic) bond motifs is 1. The molecule has 0 atom stereocenters. The van der Waals surface area contributed by atoms with Gasteiger partial charge < -0.3 is 0 Å². The molecule has 1 aliphatic rings. The van der Waals surface area contributed by atoms with Crippen molar-refractivity contribution in [2.24, 2.45) is 0 Å². The molecule has 0 radical (unpaired) electrons. The number of carbonyl (C=O) groups is 4. The number of nitrogens with zero attached hydrogens (tertiary/aromatic N) is 3. The van der Waals surface area contributed by atoms with E-state index >= 15 is 0 Å².